The van der Waals surface area contributed by atoms with E-state index >= 15 is 0 Å². The molecular formula is C19H18FNO2. The highest BCUT2D eigenvalue weighted by molar-refractivity contribution is 5.67. The summed E-state index contributed by atoms with van der Waals surface area (Å²) in [5.74, 6) is 5.26. The third-order valence-corrected chi connectivity index (χ3v) is 3.08. The van der Waals surface area contributed by atoms with Crippen molar-refractivity contribution >= 4 is 6.09 Å². The van der Waals surface area contributed by atoms with Crippen molar-refractivity contribution in [3.63, 3.8) is 0 Å². The van der Waals surface area contributed by atoms with Crippen LogP contribution in [0.5, 0.6) is 0 Å². The first-order valence-corrected chi connectivity index (χ1v) is 7.35. The minimum atomic E-state index is -0.489. The van der Waals surface area contributed by atoms with E-state index in [0.29, 0.717) is 18.5 Å². The van der Waals surface area contributed by atoms with Gasteiger partial charge in [-0.25, -0.2) is 9.18 Å². The first-order chi connectivity index (χ1) is 11.1. The Morgan fingerprint density at radius 2 is 2.00 bits per heavy atom. The summed E-state index contributed by atoms with van der Waals surface area (Å²) in [4.78, 5) is 11.5. The molecule has 2 aromatic carbocycles. The number of ether oxygens (including phenoxy) is 1. The summed E-state index contributed by atoms with van der Waals surface area (Å²) in [5, 5.41) is 2.61. The highest BCUT2D eigenvalue weighted by atomic mass is 19.1. The number of halogens is 1. The minimum absolute atomic E-state index is 0.229. The highest BCUT2D eigenvalue weighted by Gasteiger charge is 2.01. The van der Waals surface area contributed by atoms with E-state index in [1.54, 1.807) is 6.07 Å². The standard InChI is InChI=1S/C19H18FNO2/c1-15-10-11-17(18(20)13-15)9-5-6-12-21-19(22)23-14-16-7-3-2-4-8-16/h2-4,7-8,10-11,13H,6,12,14H2,1H3,(H,21,22). The molecule has 118 valence electrons. The molecule has 0 saturated heterocycles. The zero-order valence-corrected chi connectivity index (χ0v) is 12.9. The third kappa shape index (κ3) is 5.84. The molecule has 0 aliphatic rings. The van der Waals surface area contributed by atoms with Crippen LogP contribution >= 0.6 is 0 Å². The Morgan fingerprint density at radius 1 is 1.22 bits per heavy atom. The van der Waals surface area contributed by atoms with Gasteiger partial charge in [-0.2, -0.15) is 0 Å². The van der Waals surface area contributed by atoms with E-state index < -0.39 is 6.09 Å². The van der Waals surface area contributed by atoms with Crippen LogP contribution in [-0.2, 0) is 11.3 Å². The van der Waals surface area contributed by atoms with Crippen molar-refractivity contribution in [2.24, 2.45) is 0 Å². The van der Waals surface area contributed by atoms with E-state index in [1.807, 2.05) is 43.3 Å². The lowest BCUT2D eigenvalue weighted by molar-refractivity contribution is 0.140. The van der Waals surface area contributed by atoms with Crippen LogP contribution in [0, 0.1) is 24.6 Å². The molecule has 0 bridgehead atoms. The van der Waals surface area contributed by atoms with Crippen LogP contribution in [0.1, 0.15) is 23.1 Å². The van der Waals surface area contributed by atoms with Crippen molar-refractivity contribution in [2.45, 2.75) is 20.0 Å². The fourth-order valence-corrected chi connectivity index (χ4v) is 1.88. The van der Waals surface area contributed by atoms with Crippen LogP contribution in [0.2, 0.25) is 0 Å². The van der Waals surface area contributed by atoms with Crippen molar-refractivity contribution in [3.8, 4) is 11.8 Å². The summed E-state index contributed by atoms with van der Waals surface area (Å²) in [6.45, 7) is 2.41. The van der Waals surface area contributed by atoms with Crippen molar-refractivity contribution in [1.29, 1.82) is 0 Å². The zero-order valence-electron chi connectivity index (χ0n) is 12.9. The summed E-state index contributed by atoms with van der Waals surface area (Å²) in [6, 6.07) is 14.4. The predicted octanol–water partition coefficient (Wildman–Crippen LogP) is 3.80. The maximum atomic E-state index is 13.6. The molecule has 0 fully saturated rings. The van der Waals surface area contributed by atoms with E-state index in [1.165, 1.54) is 6.07 Å². The molecule has 0 aliphatic carbocycles. The molecule has 1 N–H and O–H groups in total. The maximum absolute atomic E-state index is 13.6. The molecule has 23 heavy (non-hydrogen) atoms. The molecule has 0 radical (unpaired) electrons. The van der Waals surface area contributed by atoms with Gasteiger partial charge >= 0.3 is 6.09 Å². The molecule has 0 unspecified atom stereocenters. The fraction of sp³-hybridized carbons (Fsp3) is 0.211. The van der Waals surface area contributed by atoms with Crippen molar-refractivity contribution < 1.29 is 13.9 Å². The molecular weight excluding hydrogens is 293 g/mol. The first kappa shape index (κ1) is 16.6. The lowest BCUT2D eigenvalue weighted by Gasteiger charge is -2.05. The molecule has 2 rings (SSSR count). The van der Waals surface area contributed by atoms with Crippen molar-refractivity contribution in [2.75, 3.05) is 6.54 Å². The number of hydrogen-bond acceptors (Lipinski definition) is 2. The van der Waals surface area contributed by atoms with Gasteiger partial charge in [-0.1, -0.05) is 48.2 Å². The summed E-state index contributed by atoms with van der Waals surface area (Å²) >= 11 is 0. The van der Waals surface area contributed by atoms with E-state index in [0.717, 1.165) is 11.1 Å². The summed E-state index contributed by atoms with van der Waals surface area (Å²) < 4.78 is 18.6. The largest absolute Gasteiger partial charge is 0.445 e. The van der Waals surface area contributed by atoms with Gasteiger partial charge in [0.05, 0.1) is 5.56 Å². The third-order valence-electron chi connectivity index (χ3n) is 3.08. The molecule has 0 spiro atoms. The Morgan fingerprint density at radius 3 is 2.74 bits per heavy atom. The lowest BCUT2D eigenvalue weighted by Crippen LogP contribution is -2.24. The second-order valence-corrected chi connectivity index (χ2v) is 5.02. The van der Waals surface area contributed by atoms with E-state index in [9.17, 15) is 9.18 Å². The molecule has 1 amide bonds. The van der Waals surface area contributed by atoms with Gasteiger partial charge in [-0.3, -0.25) is 0 Å². The second kappa shape index (κ2) is 8.60. The lowest BCUT2D eigenvalue weighted by atomic mass is 10.1. The van der Waals surface area contributed by atoms with Crippen LogP contribution in [0.25, 0.3) is 0 Å². The van der Waals surface area contributed by atoms with Crippen molar-refractivity contribution in [3.05, 3.63) is 71.0 Å². The van der Waals surface area contributed by atoms with Gasteiger partial charge in [0.15, 0.2) is 0 Å². The number of aryl methyl sites for hydroxylation is 1. The monoisotopic (exact) mass is 311 g/mol. The number of hydrogen-bond donors (Lipinski definition) is 1. The Bertz CT molecular complexity index is 717. The molecule has 3 nitrogen and oxygen atoms in total. The van der Waals surface area contributed by atoms with Crippen LogP contribution < -0.4 is 5.32 Å². The molecule has 0 aromatic heterocycles. The molecule has 0 saturated carbocycles. The number of amides is 1. The average Bonchev–Trinajstić information content (AvgIpc) is 2.55. The number of benzene rings is 2. The summed E-state index contributed by atoms with van der Waals surface area (Å²) in [5.41, 5.74) is 2.15. The quantitative estimate of drug-likeness (QED) is 0.689. The topological polar surface area (TPSA) is 38.3 Å². The molecule has 0 aliphatic heterocycles. The number of carbonyl (C=O) groups excluding carboxylic acids is 1. The Balaban J connectivity index is 1.69. The van der Waals surface area contributed by atoms with Gasteiger partial charge in [-0.15, -0.1) is 0 Å². The van der Waals surface area contributed by atoms with Gasteiger partial charge in [-0.05, 0) is 30.2 Å². The van der Waals surface area contributed by atoms with E-state index in [4.69, 9.17) is 4.74 Å². The summed E-state index contributed by atoms with van der Waals surface area (Å²) in [7, 11) is 0. The molecule has 4 heteroatoms. The van der Waals surface area contributed by atoms with Crippen LogP contribution in [0.15, 0.2) is 48.5 Å². The SMILES string of the molecule is Cc1ccc(C#CCCNC(=O)OCc2ccccc2)c(F)c1. The maximum Gasteiger partial charge on any atom is 0.407 e. The predicted molar refractivity (Wildman–Crippen MR) is 87.3 cm³/mol. The molecule has 0 heterocycles. The smallest absolute Gasteiger partial charge is 0.407 e. The average molecular weight is 311 g/mol. The van der Waals surface area contributed by atoms with Gasteiger partial charge in [0.2, 0.25) is 0 Å². The van der Waals surface area contributed by atoms with Gasteiger partial charge in [0.25, 0.3) is 0 Å². The second-order valence-electron chi connectivity index (χ2n) is 5.02. The number of carbonyl (C=O) groups is 1. The van der Waals surface area contributed by atoms with Crippen LogP contribution in [-0.4, -0.2) is 12.6 Å². The summed E-state index contributed by atoms with van der Waals surface area (Å²) in [6.07, 6.45) is -0.0644. The zero-order chi connectivity index (χ0) is 16.5. The number of rotatable bonds is 4. The molecule has 2 aromatic rings. The Labute approximate surface area is 135 Å². The highest BCUT2D eigenvalue weighted by Crippen LogP contribution is 2.08. The van der Waals surface area contributed by atoms with Gasteiger partial charge in [0, 0.05) is 13.0 Å². The molecule has 0 atom stereocenters. The number of nitrogens with one attached hydrogen (secondary N) is 1. The van der Waals surface area contributed by atoms with Crippen LogP contribution in [0.3, 0.4) is 0 Å². The van der Waals surface area contributed by atoms with E-state index in [2.05, 4.69) is 17.2 Å². The Hall–Kier alpha value is -2.80. The van der Waals surface area contributed by atoms with Gasteiger partial charge in [0.1, 0.15) is 12.4 Å². The first-order valence-electron chi connectivity index (χ1n) is 7.35. The van der Waals surface area contributed by atoms with Crippen LogP contribution in [0.4, 0.5) is 9.18 Å². The Kier molecular flexibility index (Phi) is 6.19. The number of alkyl carbamates (subject to hydrolysis) is 1. The van der Waals surface area contributed by atoms with E-state index in [-0.39, 0.29) is 12.4 Å². The van der Waals surface area contributed by atoms with Gasteiger partial charge < -0.3 is 10.1 Å². The fourth-order valence-electron chi connectivity index (χ4n) is 1.88. The normalized spacial score (nSPS) is 9.65. The van der Waals surface area contributed by atoms with Crippen molar-refractivity contribution in [1.82, 2.24) is 5.32 Å². The minimum Gasteiger partial charge on any atom is -0.445 e.